The number of anilines is 4. The summed E-state index contributed by atoms with van der Waals surface area (Å²) in [5.74, 6) is 1.36. The zero-order chi connectivity index (χ0) is 23.1. The number of aromatic nitrogens is 2. The van der Waals surface area contributed by atoms with Crippen molar-refractivity contribution in [1.29, 1.82) is 0 Å². The first-order valence-corrected chi connectivity index (χ1v) is 12.5. The molecule has 0 radical (unpaired) electrons. The first kappa shape index (κ1) is 21.2. The number of rotatable bonds is 4. The molecule has 172 valence electrons. The van der Waals surface area contributed by atoms with Crippen molar-refractivity contribution in [3.63, 3.8) is 0 Å². The molecule has 1 aromatic heterocycles. The topological polar surface area (TPSA) is 67.8 Å². The molecule has 1 fully saturated rings. The highest BCUT2D eigenvalue weighted by Gasteiger charge is 2.38. The maximum atomic E-state index is 13.7. The molecule has 0 bridgehead atoms. The number of nitrogens with zero attached hydrogens (tertiary/aromatic N) is 5. The molecular weight excluding hydrogens is 446 g/mol. The monoisotopic (exact) mass is 471 g/mol. The fourth-order valence-electron chi connectivity index (χ4n) is 4.44. The lowest BCUT2D eigenvalue weighted by Gasteiger charge is -2.29. The Labute approximate surface area is 201 Å². The van der Waals surface area contributed by atoms with Crippen molar-refractivity contribution in [2.75, 3.05) is 47.1 Å². The van der Waals surface area contributed by atoms with E-state index < -0.39 is 11.4 Å². The van der Waals surface area contributed by atoms with Crippen LogP contribution in [0.4, 0.5) is 23.0 Å². The van der Waals surface area contributed by atoms with Crippen LogP contribution < -0.4 is 14.1 Å². The average Bonchev–Trinajstić information content (AvgIpc) is 3.26. The van der Waals surface area contributed by atoms with Crippen LogP contribution in [-0.2, 0) is 16.1 Å². The Bertz CT molecular complexity index is 1330. The summed E-state index contributed by atoms with van der Waals surface area (Å²) in [7, 11) is 0. The maximum Gasteiger partial charge on any atom is 0.220 e. The van der Waals surface area contributed by atoms with Crippen LogP contribution in [0.25, 0.3) is 11.0 Å². The highest BCUT2D eigenvalue weighted by molar-refractivity contribution is 7.92. The van der Waals surface area contributed by atoms with Gasteiger partial charge in [0, 0.05) is 24.5 Å². The molecule has 1 unspecified atom stereocenters. The summed E-state index contributed by atoms with van der Waals surface area (Å²) in [5, 5.41) is 0. The molecule has 1 atom stereocenters. The molecule has 0 amide bonds. The molecular formula is C26H25N5O2S. The van der Waals surface area contributed by atoms with Crippen LogP contribution in [0.15, 0.2) is 77.7 Å². The molecule has 2 aliphatic heterocycles. The first-order valence-electron chi connectivity index (χ1n) is 11.4. The van der Waals surface area contributed by atoms with Crippen molar-refractivity contribution in [3.8, 4) is 0 Å². The summed E-state index contributed by atoms with van der Waals surface area (Å²) >= 11 is -1.41. The number of ether oxygens (including phenoxy) is 1. The molecule has 7 nitrogen and oxygen atoms in total. The summed E-state index contributed by atoms with van der Waals surface area (Å²) in [6.07, 6.45) is 0. The smallest absolute Gasteiger partial charge is 0.220 e. The van der Waals surface area contributed by atoms with E-state index in [-0.39, 0.29) is 0 Å². The van der Waals surface area contributed by atoms with Gasteiger partial charge in [0.25, 0.3) is 0 Å². The largest absolute Gasteiger partial charge is 0.588 e. The lowest BCUT2D eigenvalue weighted by molar-refractivity contribution is 0.122. The number of para-hydroxylation sites is 2. The third-order valence-corrected chi connectivity index (χ3v) is 7.57. The molecule has 4 aromatic rings. The Morgan fingerprint density at radius 3 is 2.21 bits per heavy atom. The third-order valence-electron chi connectivity index (χ3n) is 6.23. The minimum absolute atomic E-state index is 0.406. The second-order valence-electron chi connectivity index (χ2n) is 8.49. The molecule has 3 aromatic carbocycles. The number of aryl methyl sites for hydroxylation is 1. The van der Waals surface area contributed by atoms with E-state index >= 15 is 0 Å². The number of hydrogen-bond acceptors (Lipinski definition) is 7. The molecule has 0 spiro atoms. The predicted molar refractivity (Wildman–Crippen MR) is 136 cm³/mol. The summed E-state index contributed by atoms with van der Waals surface area (Å²) in [5.41, 5.74) is 4.85. The fraction of sp³-hybridized carbons (Fsp3) is 0.231. The van der Waals surface area contributed by atoms with E-state index in [1.807, 2.05) is 59.8 Å². The highest BCUT2D eigenvalue weighted by Crippen LogP contribution is 2.41. The normalized spacial score (nSPS) is 16.7. The summed E-state index contributed by atoms with van der Waals surface area (Å²) in [4.78, 5) is 15.0. The molecule has 0 N–H and O–H groups in total. The molecule has 6 rings (SSSR count). The van der Waals surface area contributed by atoms with Gasteiger partial charge in [0.05, 0.1) is 24.2 Å². The van der Waals surface area contributed by atoms with Crippen molar-refractivity contribution in [3.05, 3.63) is 78.4 Å². The molecule has 1 saturated heterocycles. The van der Waals surface area contributed by atoms with Gasteiger partial charge < -0.3 is 19.1 Å². The van der Waals surface area contributed by atoms with Gasteiger partial charge in [0.15, 0.2) is 10.7 Å². The van der Waals surface area contributed by atoms with Crippen molar-refractivity contribution in [2.45, 2.75) is 11.8 Å². The number of fused-ring (bicyclic) bond motifs is 2. The van der Waals surface area contributed by atoms with E-state index in [9.17, 15) is 4.55 Å². The van der Waals surface area contributed by atoms with Crippen molar-refractivity contribution >= 4 is 45.4 Å². The lowest BCUT2D eigenvalue weighted by Crippen LogP contribution is -2.36. The molecule has 2 aliphatic rings. The molecule has 34 heavy (non-hydrogen) atoms. The Balaban J connectivity index is 1.39. The Morgan fingerprint density at radius 2 is 1.50 bits per heavy atom. The zero-order valence-corrected chi connectivity index (χ0v) is 19.7. The van der Waals surface area contributed by atoms with E-state index in [1.165, 1.54) is 5.69 Å². The maximum absolute atomic E-state index is 13.7. The molecule has 0 aliphatic carbocycles. The number of morpholine rings is 1. The Hall–Kier alpha value is -3.33. The van der Waals surface area contributed by atoms with Crippen LogP contribution in [0.2, 0.25) is 0 Å². The van der Waals surface area contributed by atoms with Crippen LogP contribution in [0.3, 0.4) is 0 Å². The summed E-state index contributed by atoms with van der Waals surface area (Å²) in [6, 6.07) is 24.1. The van der Waals surface area contributed by atoms with Gasteiger partial charge in [-0.05, 0) is 61.0 Å². The molecule has 8 heteroatoms. The van der Waals surface area contributed by atoms with Crippen molar-refractivity contribution in [1.82, 2.24) is 9.97 Å². The number of benzene rings is 3. The Morgan fingerprint density at radius 1 is 0.824 bits per heavy atom. The quantitative estimate of drug-likeness (QED) is 0.408. The highest BCUT2D eigenvalue weighted by atomic mass is 32.2. The predicted octanol–water partition coefficient (Wildman–Crippen LogP) is 4.41. The second kappa shape index (κ2) is 8.79. The van der Waals surface area contributed by atoms with E-state index in [4.69, 9.17) is 14.7 Å². The van der Waals surface area contributed by atoms with Gasteiger partial charge in [-0.2, -0.15) is 0 Å². The molecule has 0 saturated carbocycles. The van der Waals surface area contributed by atoms with Crippen LogP contribution >= 0.6 is 0 Å². The first-order chi connectivity index (χ1) is 16.7. The molecule has 3 heterocycles. The zero-order valence-electron chi connectivity index (χ0n) is 18.9. The minimum Gasteiger partial charge on any atom is -0.588 e. The second-order valence-corrected chi connectivity index (χ2v) is 9.90. The Kier molecular flexibility index (Phi) is 5.49. The average molecular weight is 472 g/mol. The van der Waals surface area contributed by atoms with E-state index in [0.717, 1.165) is 59.3 Å². The number of hydrogen-bond donors (Lipinski definition) is 0. The van der Waals surface area contributed by atoms with Gasteiger partial charge in [0.2, 0.25) is 5.82 Å². The SMILES string of the molecule is Cc1cccc([S+]([O-])N2CN(c3ccc(N4CCOCC4)cc3)c3nc4ccccc4nc32)c1. The van der Waals surface area contributed by atoms with Gasteiger partial charge in [0.1, 0.15) is 18.0 Å². The van der Waals surface area contributed by atoms with Crippen molar-refractivity contribution in [2.24, 2.45) is 0 Å². The third kappa shape index (κ3) is 3.83. The summed E-state index contributed by atoms with van der Waals surface area (Å²) in [6.45, 7) is 5.71. The van der Waals surface area contributed by atoms with Gasteiger partial charge in [-0.15, -0.1) is 4.31 Å². The van der Waals surface area contributed by atoms with E-state index in [0.29, 0.717) is 12.5 Å². The van der Waals surface area contributed by atoms with Gasteiger partial charge in [-0.3, -0.25) is 0 Å². The van der Waals surface area contributed by atoms with Crippen LogP contribution in [0.5, 0.6) is 0 Å². The van der Waals surface area contributed by atoms with Crippen LogP contribution in [0, 0.1) is 6.92 Å². The summed E-state index contributed by atoms with van der Waals surface area (Å²) < 4.78 is 21.0. The fourth-order valence-corrected chi connectivity index (χ4v) is 5.68. The standard InChI is InChI=1S/C26H25N5O2S/c1-19-5-4-6-22(17-19)34(32)31-18-30(25-26(31)28-24-8-3-2-7-23(24)27-25)21-11-9-20(10-12-21)29-13-15-33-16-14-29/h2-12,17H,13-16,18H2,1H3. The van der Waals surface area contributed by atoms with Gasteiger partial charge in [-0.1, -0.05) is 24.3 Å². The lowest BCUT2D eigenvalue weighted by atomic mass is 10.2. The van der Waals surface area contributed by atoms with Crippen molar-refractivity contribution < 1.29 is 9.29 Å². The minimum atomic E-state index is -1.41. The van der Waals surface area contributed by atoms with E-state index in [2.05, 4.69) is 34.1 Å². The van der Waals surface area contributed by atoms with Gasteiger partial charge >= 0.3 is 0 Å². The van der Waals surface area contributed by atoms with Gasteiger partial charge in [-0.25, -0.2) is 9.97 Å². The van der Waals surface area contributed by atoms with E-state index in [1.54, 1.807) is 0 Å². The van der Waals surface area contributed by atoms with Crippen LogP contribution in [-0.4, -0.2) is 47.5 Å². The van der Waals surface area contributed by atoms with Crippen LogP contribution in [0.1, 0.15) is 5.56 Å².